The van der Waals surface area contributed by atoms with Gasteiger partial charge in [-0.25, -0.2) is 0 Å². The van der Waals surface area contributed by atoms with Gasteiger partial charge in [-0.1, -0.05) is 25.1 Å². The highest BCUT2D eigenvalue weighted by Gasteiger charge is 2.31. The first kappa shape index (κ1) is 15.8. The minimum atomic E-state index is -0.733. The van der Waals surface area contributed by atoms with Gasteiger partial charge < -0.3 is 15.2 Å². The summed E-state index contributed by atoms with van der Waals surface area (Å²) >= 11 is 0. The molecule has 0 radical (unpaired) electrons. The first-order valence-electron chi connectivity index (χ1n) is 7.63. The maximum atomic E-state index is 12.1. The number of hydrogen-bond donors (Lipinski definition) is 2. The third-order valence-corrected chi connectivity index (χ3v) is 4.36. The van der Waals surface area contributed by atoms with E-state index in [1.54, 1.807) is 7.11 Å². The SMILES string of the molecule is COc1ccccc1CC(=O)NCC1(O)CCC(C)CC1. The molecule has 2 rings (SSSR count). The lowest BCUT2D eigenvalue weighted by Gasteiger charge is -2.34. The van der Waals surface area contributed by atoms with Gasteiger partial charge in [0.05, 0.1) is 19.1 Å². The van der Waals surface area contributed by atoms with Crippen LogP contribution >= 0.6 is 0 Å². The normalized spacial score (nSPS) is 25.4. The van der Waals surface area contributed by atoms with Gasteiger partial charge in [-0.05, 0) is 37.7 Å². The minimum absolute atomic E-state index is 0.0773. The molecule has 21 heavy (non-hydrogen) atoms. The van der Waals surface area contributed by atoms with Gasteiger partial charge in [0.15, 0.2) is 0 Å². The number of ether oxygens (including phenoxy) is 1. The predicted molar refractivity (Wildman–Crippen MR) is 82.3 cm³/mol. The number of nitrogens with one attached hydrogen (secondary N) is 1. The first-order chi connectivity index (χ1) is 10.0. The second-order valence-electron chi connectivity index (χ2n) is 6.17. The largest absolute Gasteiger partial charge is 0.496 e. The van der Waals surface area contributed by atoms with Crippen LogP contribution in [0.2, 0.25) is 0 Å². The highest BCUT2D eigenvalue weighted by atomic mass is 16.5. The van der Waals surface area contributed by atoms with E-state index in [4.69, 9.17) is 4.74 Å². The van der Waals surface area contributed by atoms with Crippen molar-refractivity contribution in [3.63, 3.8) is 0 Å². The summed E-state index contributed by atoms with van der Waals surface area (Å²) in [5, 5.41) is 13.3. The molecule has 1 fully saturated rings. The zero-order valence-corrected chi connectivity index (χ0v) is 12.9. The molecular formula is C17H25NO3. The molecule has 1 aliphatic carbocycles. The van der Waals surface area contributed by atoms with Gasteiger partial charge in [-0.3, -0.25) is 4.79 Å². The van der Waals surface area contributed by atoms with E-state index in [2.05, 4.69) is 12.2 Å². The Balaban J connectivity index is 1.85. The van der Waals surface area contributed by atoms with Gasteiger partial charge >= 0.3 is 0 Å². The van der Waals surface area contributed by atoms with Gasteiger partial charge in [0.2, 0.25) is 5.91 Å². The quantitative estimate of drug-likeness (QED) is 0.875. The van der Waals surface area contributed by atoms with Crippen molar-refractivity contribution >= 4 is 5.91 Å². The number of carbonyl (C=O) groups excluding carboxylic acids is 1. The standard InChI is InChI=1S/C17H25NO3/c1-13-7-9-17(20,10-8-13)12-18-16(19)11-14-5-3-4-6-15(14)21-2/h3-6,13,20H,7-12H2,1-2H3,(H,18,19). The number of amides is 1. The smallest absolute Gasteiger partial charge is 0.224 e. The van der Waals surface area contributed by atoms with E-state index in [1.165, 1.54) is 0 Å². The molecule has 0 aliphatic heterocycles. The molecule has 0 unspecified atom stereocenters. The van der Waals surface area contributed by atoms with Crippen LogP contribution in [0.3, 0.4) is 0 Å². The summed E-state index contributed by atoms with van der Waals surface area (Å²) < 4.78 is 5.24. The van der Waals surface area contributed by atoms with Gasteiger partial charge in [-0.15, -0.1) is 0 Å². The molecule has 116 valence electrons. The highest BCUT2D eigenvalue weighted by molar-refractivity contribution is 5.79. The van der Waals surface area contributed by atoms with Crippen LogP contribution in [0.25, 0.3) is 0 Å². The molecule has 1 aliphatic rings. The third kappa shape index (κ3) is 4.46. The maximum absolute atomic E-state index is 12.1. The Kier molecular flexibility index (Phi) is 5.23. The Hall–Kier alpha value is -1.55. The van der Waals surface area contributed by atoms with E-state index in [1.807, 2.05) is 24.3 Å². The lowest BCUT2D eigenvalue weighted by Crippen LogP contribution is -2.45. The predicted octanol–water partition coefficient (Wildman–Crippen LogP) is 2.30. The van der Waals surface area contributed by atoms with Crippen LogP contribution in [0.1, 0.15) is 38.2 Å². The average molecular weight is 291 g/mol. The summed E-state index contributed by atoms with van der Waals surface area (Å²) in [6, 6.07) is 7.50. The van der Waals surface area contributed by atoms with E-state index in [0.717, 1.165) is 37.0 Å². The molecule has 0 heterocycles. The number of rotatable bonds is 5. The molecule has 0 spiro atoms. The van der Waals surface area contributed by atoms with Crippen LogP contribution in [0, 0.1) is 5.92 Å². The van der Waals surface area contributed by atoms with Crippen molar-refractivity contribution in [1.29, 1.82) is 0 Å². The Bertz CT molecular complexity index is 479. The molecule has 1 aromatic carbocycles. The summed E-state index contributed by atoms with van der Waals surface area (Å²) in [5.41, 5.74) is 0.130. The molecule has 0 bridgehead atoms. The zero-order chi connectivity index (χ0) is 15.3. The van der Waals surface area contributed by atoms with Crippen molar-refractivity contribution < 1.29 is 14.6 Å². The molecular weight excluding hydrogens is 266 g/mol. The van der Waals surface area contributed by atoms with Crippen molar-refractivity contribution in [2.45, 2.75) is 44.6 Å². The van der Waals surface area contributed by atoms with Gasteiger partial charge in [0.25, 0.3) is 0 Å². The lowest BCUT2D eigenvalue weighted by molar-refractivity contribution is -0.122. The van der Waals surface area contributed by atoms with Gasteiger partial charge in [0.1, 0.15) is 5.75 Å². The summed E-state index contributed by atoms with van der Waals surface area (Å²) in [4.78, 5) is 12.1. The van der Waals surface area contributed by atoms with Crippen molar-refractivity contribution in [3.05, 3.63) is 29.8 Å². The van der Waals surface area contributed by atoms with E-state index in [-0.39, 0.29) is 12.3 Å². The third-order valence-electron chi connectivity index (χ3n) is 4.36. The Labute approximate surface area is 126 Å². The fraction of sp³-hybridized carbons (Fsp3) is 0.588. The fourth-order valence-corrected chi connectivity index (χ4v) is 2.82. The topological polar surface area (TPSA) is 58.6 Å². The van der Waals surface area contributed by atoms with E-state index < -0.39 is 5.60 Å². The molecule has 4 heteroatoms. The van der Waals surface area contributed by atoms with Crippen molar-refractivity contribution in [2.24, 2.45) is 5.92 Å². The summed E-state index contributed by atoms with van der Waals surface area (Å²) in [6.45, 7) is 2.55. The van der Waals surface area contributed by atoms with Gasteiger partial charge in [0, 0.05) is 12.1 Å². The number of aliphatic hydroxyl groups is 1. The van der Waals surface area contributed by atoms with E-state index in [0.29, 0.717) is 12.5 Å². The van der Waals surface area contributed by atoms with Crippen LogP contribution in [0.15, 0.2) is 24.3 Å². The second kappa shape index (κ2) is 6.94. The Morgan fingerprint density at radius 1 is 1.38 bits per heavy atom. The van der Waals surface area contributed by atoms with Crippen LogP contribution < -0.4 is 10.1 Å². The Morgan fingerprint density at radius 3 is 2.71 bits per heavy atom. The first-order valence-corrected chi connectivity index (χ1v) is 7.63. The van der Waals surface area contributed by atoms with Crippen LogP contribution in [-0.4, -0.2) is 30.3 Å². The van der Waals surface area contributed by atoms with Crippen LogP contribution in [0.5, 0.6) is 5.75 Å². The van der Waals surface area contributed by atoms with E-state index in [9.17, 15) is 9.90 Å². The van der Waals surface area contributed by atoms with Crippen LogP contribution in [0.4, 0.5) is 0 Å². The molecule has 4 nitrogen and oxygen atoms in total. The fourth-order valence-electron chi connectivity index (χ4n) is 2.82. The lowest BCUT2D eigenvalue weighted by atomic mass is 9.79. The summed E-state index contributed by atoms with van der Waals surface area (Å²) in [5.74, 6) is 1.32. The number of hydrogen-bond acceptors (Lipinski definition) is 3. The molecule has 0 atom stereocenters. The summed E-state index contributed by atoms with van der Waals surface area (Å²) in [7, 11) is 1.60. The average Bonchev–Trinajstić information content (AvgIpc) is 2.49. The summed E-state index contributed by atoms with van der Waals surface area (Å²) in [6.07, 6.45) is 3.86. The number of methoxy groups -OCH3 is 1. The molecule has 0 aromatic heterocycles. The second-order valence-corrected chi connectivity index (χ2v) is 6.17. The van der Waals surface area contributed by atoms with Crippen molar-refractivity contribution in [2.75, 3.05) is 13.7 Å². The number of para-hydroxylation sites is 1. The monoisotopic (exact) mass is 291 g/mol. The van der Waals surface area contributed by atoms with Gasteiger partial charge in [-0.2, -0.15) is 0 Å². The minimum Gasteiger partial charge on any atom is -0.496 e. The molecule has 1 saturated carbocycles. The maximum Gasteiger partial charge on any atom is 0.224 e. The molecule has 1 amide bonds. The molecule has 2 N–H and O–H groups in total. The molecule has 0 saturated heterocycles. The van der Waals surface area contributed by atoms with Crippen LogP contribution in [-0.2, 0) is 11.2 Å². The highest BCUT2D eigenvalue weighted by Crippen LogP contribution is 2.31. The zero-order valence-electron chi connectivity index (χ0n) is 12.9. The molecule has 1 aromatic rings. The Morgan fingerprint density at radius 2 is 2.05 bits per heavy atom. The van der Waals surface area contributed by atoms with Crippen molar-refractivity contribution in [1.82, 2.24) is 5.32 Å². The number of benzene rings is 1. The van der Waals surface area contributed by atoms with E-state index >= 15 is 0 Å². The number of carbonyl (C=O) groups is 1. The van der Waals surface area contributed by atoms with Crippen molar-refractivity contribution in [3.8, 4) is 5.75 Å².